The van der Waals surface area contributed by atoms with E-state index in [1.54, 1.807) is 61.5 Å². The van der Waals surface area contributed by atoms with Gasteiger partial charge in [-0.25, -0.2) is 4.68 Å². The highest BCUT2D eigenvalue weighted by Crippen LogP contribution is 2.24. The van der Waals surface area contributed by atoms with Crippen LogP contribution in [0.15, 0.2) is 42.7 Å². The average Bonchev–Trinajstić information content (AvgIpc) is 3.41. The van der Waals surface area contributed by atoms with Gasteiger partial charge in [-0.15, -0.1) is 0 Å². The first kappa shape index (κ1) is 19.4. The largest absolute Gasteiger partial charge is 0.369 e. The summed E-state index contributed by atoms with van der Waals surface area (Å²) in [6.07, 6.45) is 3.59. The van der Waals surface area contributed by atoms with Crippen molar-refractivity contribution in [2.75, 3.05) is 13.6 Å². The predicted octanol–water partition coefficient (Wildman–Crippen LogP) is 0.316. The van der Waals surface area contributed by atoms with E-state index in [0.717, 1.165) is 0 Å². The van der Waals surface area contributed by atoms with Gasteiger partial charge in [-0.05, 0) is 24.3 Å². The van der Waals surface area contributed by atoms with E-state index < -0.39 is 17.4 Å². The molecule has 2 amide bonds. The number of rotatable bonds is 3. The van der Waals surface area contributed by atoms with Crippen molar-refractivity contribution in [1.29, 1.82) is 0 Å². The van der Waals surface area contributed by atoms with Gasteiger partial charge in [-0.2, -0.15) is 10.2 Å². The molecule has 9 heteroatoms. The van der Waals surface area contributed by atoms with Crippen molar-refractivity contribution >= 4 is 11.8 Å². The number of nitrogens with two attached hydrogens (primary N) is 1. The third kappa shape index (κ3) is 3.33. The van der Waals surface area contributed by atoms with Crippen LogP contribution in [0, 0.1) is 11.8 Å². The van der Waals surface area contributed by atoms with E-state index in [1.165, 1.54) is 9.58 Å². The summed E-state index contributed by atoms with van der Waals surface area (Å²) in [6.45, 7) is 0.462. The number of hydrogen-bond donors (Lipinski definition) is 2. The van der Waals surface area contributed by atoms with E-state index in [9.17, 15) is 14.7 Å². The van der Waals surface area contributed by atoms with Crippen LogP contribution in [0.4, 0.5) is 0 Å². The van der Waals surface area contributed by atoms with Crippen molar-refractivity contribution in [1.82, 2.24) is 24.5 Å². The number of aromatic nitrogens is 4. The fourth-order valence-corrected chi connectivity index (χ4v) is 3.39. The van der Waals surface area contributed by atoms with Crippen LogP contribution in [-0.4, -0.2) is 60.6 Å². The molecule has 1 atom stereocenters. The first-order chi connectivity index (χ1) is 14.3. The smallest absolute Gasteiger partial charge is 0.269 e. The van der Waals surface area contributed by atoms with Gasteiger partial charge in [0, 0.05) is 45.0 Å². The lowest BCUT2D eigenvalue weighted by molar-refractivity contribution is -0.137. The third-order valence-corrected chi connectivity index (χ3v) is 5.08. The molecule has 1 fully saturated rings. The summed E-state index contributed by atoms with van der Waals surface area (Å²) >= 11 is 0. The molecule has 9 nitrogen and oxygen atoms in total. The highest BCUT2D eigenvalue weighted by Gasteiger charge is 2.42. The highest BCUT2D eigenvalue weighted by atomic mass is 16.3. The van der Waals surface area contributed by atoms with Crippen LogP contribution < -0.4 is 5.73 Å². The van der Waals surface area contributed by atoms with E-state index in [-0.39, 0.29) is 12.1 Å². The Labute approximate surface area is 172 Å². The van der Waals surface area contributed by atoms with Crippen LogP contribution >= 0.6 is 0 Å². The summed E-state index contributed by atoms with van der Waals surface area (Å²) < 4.78 is 3.17. The third-order valence-electron chi connectivity index (χ3n) is 5.08. The Morgan fingerprint density at radius 3 is 2.73 bits per heavy atom. The topological polar surface area (TPSA) is 119 Å². The zero-order valence-electron chi connectivity index (χ0n) is 16.5. The molecule has 3 aromatic rings. The molecule has 1 saturated heterocycles. The predicted molar refractivity (Wildman–Crippen MR) is 108 cm³/mol. The van der Waals surface area contributed by atoms with Crippen molar-refractivity contribution in [2.24, 2.45) is 12.8 Å². The SMILES string of the molecule is CN1CC[C@@](O)(C#Cc2cccc(-n3cc(-c4ccnn4C)c(C(N)=O)n3)c2)C1=O. The summed E-state index contributed by atoms with van der Waals surface area (Å²) in [5.74, 6) is 4.53. The van der Waals surface area contributed by atoms with Crippen LogP contribution in [0.3, 0.4) is 0 Å². The maximum atomic E-state index is 12.1. The molecule has 1 aromatic carbocycles. The number of hydrogen-bond acceptors (Lipinski definition) is 5. The summed E-state index contributed by atoms with van der Waals surface area (Å²) in [6, 6.07) is 8.88. The number of aryl methyl sites for hydroxylation is 1. The van der Waals surface area contributed by atoms with E-state index >= 15 is 0 Å². The molecule has 1 aliphatic heterocycles. The van der Waals surface area contributed by atoms with E-state index in [1.807, 2.05) is 0 Å². The second kappa shape index (κ2) is 7.17. The number of nitrogens with zero attached hydrogens (tertiary/aromatic N) is 5. The summed E-state index contributed by atoms with van der Waals surface area (Å²) in [5, 5.41) is 18.9. The molecule has 0 bridgehead atoms. The minimum atomic E-state index is -1.66. The number of likely N-dealkylation sites (tertiary alicyclic amines) is 1. The van der Waals surface area contributed by atoms with Crippen molar-refractivity contribution < 1.29 is 14.7 Å². The molecule has 1 aliphatic rings. The maximum Gasteiger partial charge on any atom is 0.269 e. The Balaban J connectivity index is 1.71. The summed E-state index contributed by atoms with van der Waals surface area (Å²) in [4.78, 5) is 25.5. The fraction of sp³-hybridized carbons (Fsp3) is 0.238. The lowest BCUT2D eigenvalue weighted by atomic mass is 10.0. The highest BCUT2D eigenvalue weighted by molar-refractivity contribution is 5.97. The van der Waals surface area contributed by atoms with Gasteiger partial charge in [0.1, 0.15) is 0 Å². The van der Waals surface area contributed by atoms with Crippen LogP contribution in [-0.2, 0) is 11.8 Å². The quantitative estimate of drug-likeness (QED) is 0.609. The normalized spacial score (nSPS) is 18.4. The standard InChI is InChI=1S/C21H20N6O3/c1-25-11-9-21(30,20(25)29)8-6-14-4-3-5-15(12-14)27-13-16(18(24-27)19(22)28)17-7-10-23-26(17)2/h3-5,7,10,12-13,30H,9,11H2,1-2H3,(H2,22,28)/t21-/m0/s1. The van der Waals surface area contributed by atoms with Gasteiger partial charge in [0.2, 0.25) is 5.60 Å². The van der Waals surface area contributed by atoms with Gasteiger partial charge < -0.3 is 15.7 Å². The van der Waals surface area contributed by atoms with Crippen LogP contribution in [0.25, 0.3) is 16.9 Å². The Hall–Kier alpha value is -3.90. The molecule has 0 saturated carbocycles. The van der Waals surface area contributed by atoms with Gasteiger partial charge in [-0.1, -0.05) is 17.9 Å². The minimum Gasteiger partial charge on any atom is -0.369 e. The molecule has 0 aliphatic carbocycles. The number of primary amides is 1. The van der Waals surface area contributed by atoms with Crippen molar-refractivity contribution in [3.63, 3.8) is 0 Å². The van der Waals surface area contributed by atoms with Gasteiger partial charge in [0.05, 0.1) is 16.9 Å². The Kier molecular flexibility index (Phi) is 4.64. The fourth-order valence-electron chi connectivity index (χ4n) is 3.39. The molecule has 152 valence electrons. The van der Waals surface area contributed by atoms with Crippen LogP contribution in [0.2, 0.25) is 0 Å². The molecule has 0 unspecified atom stereocenters. The van der Waals surface area contributed by atoms with Gasteiger partial charge in [0.25, 0.3) is 11.8 Å². The first-order valence-corrected chi connectivity index (χ1v) is 9.28. The first-order valence-electron chi connectivity index (χ1n) is 9.28. The molecule has 3 N–H and O–H groups in total. The zero-order valence-corrected chi connectivity index (χ0v) is 16.5. The lowest BCUT2D eigenvalue weighted by Crippen LogP contribution is -2.37. The Morgan fingerprint density at radius 1 is 1.30 bits per heavy atom. The molecule has 0 spiro atoms. The molecule has 3 heterocycles. The van der Waals surface area contributed by atoms with E-state index in [2.05, 4.69) is 22.0 Å². The Morgan fingerprint density at radius 2 is 2.10 bits per heavy atom. The molecular formula is C21H20N6O3. The minimum absolute atomic E-state index is 0.129. The maximum absolute atomic E-state index is 12.1. The summed E-state index contributed by atoms with van der Waals surface area (Å²) in [7, 11) is 3.40. The van der Waals surface area contributed by atoms with Crippen molar-refractivity contribution in [2.45, 2.75) is 12.0 Å². The van der Waals surface area contributed by atoms with Gasteiger partial charge >= 0.3 is 0 Å². The molecular weight excluding hydrogens is 384 g/mol. The molecule has 2 aromatic heterocycles. The number of benzene rings is 1. The van der Waals surface area contributed by atoms with E-state index in [0.29, 0.717) is 29.1 Å². The number of aliphatic hydroxyl groups is 1. The average molecular weight is 404 g/mol. The zero-order chi connectivity index (χ0) is 21.5. The van der Waals surface area contributed by atoms with Crippen molar-refractivity contribution in [3.05, 3.63) is 54.0 Å². The second-order valence-corrected chi connectivity index (χ2v) is 7.18. The van der Waals surface area contributed by atoms with Gasteiger partial charge in [-0.3, -0.25) is 14.3 Å². The molecule has 0 radical (unpaired) electrons. The van der Waals surface area contributed by atoms with Crippen LogP contribution in [0.1, 0.15) is 22.5 Å². The number of carbonyl (C=O) groups excluding carboxylic acids is 2. The lowest BCUT2D eigenvalue weighted by Gasteiger charge is -2.13. The summed E-state index contributed by atoms with van der Waals surface area (Å²) in [5.41, 5.74) is 6.50. The monoisotopic (exact) mass is 404 g/mol. The molecule has 30 heavy (non-hydrogen) atoms. The number of likely N-dealkylation sites (N-methyl/N-ethyl adjacent to an activating group) is 1. The van der Waals surface area contributed by atoms with Gasteiger partial charge in [0.15, 0.2) is 5.69 Å². The number of amides is 2. The Bertz CT molecular complexity index is 1210. The van der Waals surface area contributed by atoms with Crippen molar-refractivity contribution in [3.8, 4) is 28.8 Å². The second-order valence-electron chi connectivity index (χ2n) is 7.18. The molecule has 4 rings (SSSR count). The van der Waals surface area contributed by atoms with Crippen LogP contribution in [0.5, 0.6) is 0 Å². The van der Waals surface area contributed by atoms with E-state index in [4.69, 9.17) is 5.73 Å². The number of carbonyl (C=O) groups is 2.